The summed E-state index contributed by atoms with van der Waals surface area (Å²) in [6, 6.07) is 8.09. The maximum absolute atomic E-state index is 5.66. The number of ether oxygens (including phenoxy) is 1. The molecular formula is C15H22BrNO. The molecule has 18 heavy (non-hydrogen) atoms. The second-order valence-electron chi connectivity index (χ2n) is 5.44. The molecule has 1 aromatic rings. The lowest BCUT2D eigenvalue weighted by Crippen LogP contribution is -2.37. The van der Waals surface area contributed by atoms with Crippen molar-refractivity contribution in [3.63, 3.8) is 0 Å². The van der Waals surface area contributed by atoms with Gasteiger partial charge in [0.25, 0.3) is 0 Å². The normalized spacial score (nSPS) is 11.6. The SMILES string of the molecule is C=C(CNC(C)(C)C)COCc1ccccc1Br. The number of nitrogens with one attached hydrogen (secondary N) is 1. The van der Waals surface area contributed by atoms with Gasteiger partial charge in [0.2, 0.25) is 0 Å². The van der Waals surface area contributed by atoms with Gasteiger partial charge in [-0.25, -0.2) is 0 Å². The summed E-state index contributed by atoms with van der Waals surface area (Å²) < 4.78 is 6.74. The van der Waals surface area contributed by atoms with Gasteiger partial charge in [0, 0.05) is 16.6 Å². The van der Waals surface area contributed by atoms with Gasteiger partial charge in [0.05, 0.1) is 13.2 Å². The van der Waals surface area contributed by atoms with Crippen molar-refractivity contribution < 1.29 is 4.74 Å². The average molecular weight is 312 g/mol. The van der Waals surface area contributed by atoms with Crippen LogP contribution in [0.25, 0.3) is 0 Å². The molecule has 1 N–H and O–H groups in total. The molecule has 0 saturated carbocycles. The third-order valence-corrected chi connectivity index (χ3v) is 3.16. The van der Waals surface area contributed by atoms with E-state index in [1.807, 2.05) is 18.2 Å². The molecule has 3 heteroatoms. The summed E-state index contributed by atoms with van der Waals surface area (Å²) in [6.45, 7) is 12.4. The molecule has 0 aliphatic carbocycles. The first-order valence-corrected chi connectivity index (χ1v) is 6.90. The molecule has 0 aliphatic rings. The highest BCUT2D eigenvalue weighted by Crippen LogP contribution is 2.16. The summed E-state index contributed by atoms with van der Waals surface area (Å²) in [5.74, 6) is 0. The molecule has 0 atom stereocenters. The van der Waals surface area contributed by atoms with Gasteiger partial charge in [-0.2, -0.15) is 0 Å². The van der Waals surface area contributed by atoms with Crippen molar-refractivity contribution in [1.29, 1.82) is 0 Å². The second kappa shape index (κ2) is 7.07. The molecule has 1 rings (SSSR count). The highest BCUT2D eigenvalue weighted by molar-refractivity contribution is 9.10. The Labute approximate surface area is 119 Å². The zero-order chi connectivity index (χ0) is 13.6. The van der Waals surface area contributed by atoms with Crippen LogP contribution in [0.1, 0.15) is 26.3 Å². The van der Waals surface area contributed by atoms with Gasteiger partial charge in [-0.15, -0.1) is 0 Å². The Morgan fingerprint density at radius 2 is 2.00 bits per heavy atom. The van der Waals surface area contributed by atoms with Crippen LogP contribution in [0.15, 0.2) is 40.9 Å². The Hall–Kier alpha value is -0.640. The molecule has 1 aromatic carbocycles. The quantitative estimate of drug-likeness (QED) is 0.804. The molecule has 0 aliphatic heterocycles. The van der Waals surface area contributed by atoms with Crippen LogP contribution < -0.4 is 5.32 Å². The van der Waals surface area contributed by atoms with Crippen LogP contribution >= 0.6 is 15.9 Å². The van der Waals surface area contributed by atoms with E-state index in [2.05, 4.69) is 54.7 Å². The van der Waals surface area contributed by atoms with E-state index in [9.17, 15) is 0 Å². The minimum absolute atomic E-state index is 0.116. The summed E-state index contributed by atoms with van der Waals surface area (Å²) in [5.41, 5.74) is 2.34. The third-order valence-electron chi connectivity index (χ3n) is 2.39. The van der Waals surface area contributed by atoms with Crippen molar-refractivity contribution >= 4 is 15.9 Å². The van der Waals surface area contributed by atoms with Gasteiger partial charge < -0.3 is 10.1 Å². The minimum Gasteiger partial charge on any atom is -0.372 e. The van der Waals surface area contributed by atoms with Crippen molar-refractivity contribution in [2.75, 3.05) is 13.2 Å². The zero-order valence-electron chi connectivity index (χ0n) is 11.4. The standard InChI is InChI=1S/C15H22BrNO/c1-12(9-17-15(2,3)4)10-18-11-13-7-5-6-8-14(13)16/h5-8,17H,1,9-11H2,2-4H3. The van der Waals surface area contributed by atoms with Crippen molar-refractivity contribution in [1.82, 2.24) is 5.32 Å². The van der Waals surface area contributed by atoms with Crippen molar-refractivity contribution in [2.24, 2.45) is 0 Å². The van der Waals surface area contributed by atoms with Gasteiger partial charge in [0.15, 0.2) is 0 Å². The fourth-order valence-corrected chi connectivity index (χ4v) is 1.76. The molecule has 0 aromatic heterocycles. The first kappa shape index (κ1) is 15.4. The fraction of sp³-hybridized carbons (Fsp3) is 0.467. The van der Waals surface area contributed by atoms with Crippen molar-refractivity contribution in [3.05, 3.63) is 46.5 Å². The van der Waals surface area contributed by atoms with Crippen LogP contribution in [0, 0.1) is 0 Å². The molecule has 0 bridgehead atoms. The maximum Gasteiger partial charge on any atom is 0.0732 e. The van der Waals surface area contributed by atoms with Crippen LogP contribution in [-0.2, 0) is 11.3 Å². The minimum atomic E-state index is 0.116. The van der Waals surface area contributed by atoms with E-state index in [0.29, 0.717) is 13.2 Å². The molecule has 0 unspecified atom stereocenters. The van der Waals surface area contributed by atoms with Gasteiger partial charge in [-0.3, -0.25) is 0 Å². The number of halogens is 1. The lowest BCUT2D eigenvalue weighted by molar-refractivity contribution is 0.140. The first-order chi connectivity index (χ1) is 8.38. The van der Waals surface area contributed by atoms with Gasteiger partial charge >= 0.3 is 0 Å². The third kappa shape index (κ3) is 6.34. The molecule has 0 radical (unpaired) electrons. The molecule has 100 valence electrons. The predicted molar refractivity (Wildman–Crippen MR) is 80.7 cm³/mol. The molecule has 0 spiro atoms. The molecule has 2 nitrogen and oxygen atoms in total. The Kier molecular flexibility index (Phi) is 6.06. The van der Waals surface area contributed by atoms with Crippen LogP contribution in [0.2, 0.25) is 0 Å². The Morgan fingerprint density at radius 1 is 1.33 bits per heavy atom. The van der Waals surface area contributed by atoms with Gasteiger partial charge in [-0.05, 0) is 38.0 Å². The van der Waals surface area contributed by atoms with E-state index >= 15 is 0 Å². The summed E-state index contributed by atoms with van der Waals surface area (Å²) >= 11 is 3.51. The topological polar surface area (TPSA) is 21.3 Å². The first-order valence-electron chi connectivity index (χ1n) is 6.11. The maximum atomic E-state index is 5.66. The Balaban J connectivity index is 2.26. The molecule has 0 amide bonds. The molecule has 0 heterocycles. The van der Waals surface area contributed by atoms with E-state index in [1.165, 1.54) is 0 Å². The number of rotatable bonds is 6. The monoisotopic (exact) mass is 311 g/mol. The van der Waals surface area contributed by atoms with Crippen LogP contribution in [0.5, 0.6) is 0 Å². The molecule has 0 saturated heterocycles. The number of benzene rings is 1. The van der Waals surface area contributed by atoms with Crippen LogP contribution in [-0.4, -0.2) is 18.7 Å². The molecule has 0 fully saturated rings. The fourth-order valence-electron chi connectivity index (χ4n) is 1.36. The van der Waals surface area contributed by atoms with Crippen LogP contribution in [0.3, 0.4) is 0 Å². The highest BCUT2D eigenvalue weighted by Gasteiger charge is 2.08. The smallest absolute Gasteiger partial charge is 0.0732 e. The summed E-state index contributed by atoms with van der Waals surface area (Å²) in [5, 5.41) is 3.39. The number of hydrogen-bond donors (Lipinski definition) is 1. The summed E-state index contributed by atoms with van der Waals surface area (Å²) in [4.78, 5) is 0. The lowest BCUT2D eigenvalue weighted by atomic mass is 10.1. The van der Waals surface area contributed by atoms with Gasteiger partial charge in [-0.1, -0.05) is 40.7 Å². The van der Waals surface area contributed by atoms with Crippen LogP contribution in [0.4, 0.5) is 0 Å². The average Bonchev–Trinajstić information content (AvgIpc) is 2.28. The molecular weight excluding hydrogens is 290 g/mol. The van der Waals surface area contributed by atoms with E-state index in [0.717, 1.165) is 22.2 Å². The summed E-state index contributed by atoms with van der Waals surface area (Å²) in [6.07, 6.45) is 0. The van der Waals surface area contributed by atoms with Crippen molar-refractivity contribution in [2.45, 2.75) is 32.9 Å². The lowest BCUT2D eigenvalue weighted by Gasteiger charge is -2.21. The Bertz CT molecular complexity index is 396. The number of hydrogen-bond acceptors (Lipinski definition) is 2. The van der Waals surface area contributed by atoms with E-state index in [-0.39, 0.29) is 5.54 Å². The Morgan fingerprint density at radius 3 is 2.61 bits per heavy atom. The van der Waals surface area contributed by atoms with Gasteiger partial charge in [0.1, 0.15) is 0 Å². The largest absolute Gasteiger partial charge is 0.372 e. The predicted octanol–water partition coefficient (Wildman–Crippen LogP) is 3.91. The second-order valence-corrected chi connectivity index (χ2v) is 6.29. The van der Waals surface area contributed by atoms with E-state index in [1.54, 1.807) is 0 Å². The van der Waals surface area contributed by atoms with E-state index in [4.69, 9.17) is 4.74 Å². The van der Waals surface area contributed by atoms with E-state index < -0.39 is 0 Å². The zero-order valence-corrected chi connectivity index (χ0v) is 13.0. The highest BCUT2D eigenvalue weighted by atomic mass is 79.9. The summed E-state index contributed by atoms with van der Waals surface area (Å²) in [7, 11) is 0. The van der Waals surface area contributed by atoms with Crippen molar-refractivity contribution in [3.8, 4) is 0 Å².